The van der Waals surface area contributed by atoms with Gasteiger partial charge in [-0.2, -0.15) is 0 Å². The Balaban J connectivity index is 2.42. The molecule has 0 fully saturated rings. The second kappa shape index (κ2) is 2.83. The fraction of sp³-hybridized carbons (Fsp3) is 0. The summed E-state index contributed by atoms with van der Waals surface area (Å²) in [5.41, 5.74) is 4.77. The Morgan fingerprint density at radius 2 is 1.94 bits per heavy atom. The first kappa shape index (κ1) is 8.30. The SMILES string of the molecule is c1ccc2c(c1)oc1ccc3scnc3c12. The molecule has 0 spiro atoms. The van der Waals surface area contributed by atoms with Gasteiger partial charge in [0, 0.05) is 5.39 Å². The molecule has 3 heteroatoms. The van der Waals surface area contributed by atoms with Gasteiger partial charge in [0.25, 0.3) is 0 Å². The van der Waals surface area contributed by atoms with Gasteiger partial charge in [0.05, 0.1) is 21.1 Å². The van der Waals surface area contributed by atoms with E-state index in [4.69, 9.17) is 4.42 Å². The Bertz CT molecular complexity index is 812. The van der Waals surface area contributed by atoms with Crippen LogP contribution in [0.25, 0.3) is 32.2 Å². The number of nitrogens with zero attached hydrogens (tertiary/aromatic N) is 1. The molecule has 0 saturated carbocycles. The van der Waals surface area contributed by atoms with Crippen LogP contribution < -0.4 is 0 Å². The molecule has 0 amide bonds. The van der Waals surface area contributed by atoms with E-state index < -0.39 is 0 Å². The summed E-state index contributed by atoms with van der Waals surface area (Å²) < 4.78 is 7.00. The lowest BCUT2D eigenvalue weighted by atomic mass is 10.1. The zero-order chi connectivity index (χ0) is 10.5. The number of fused-ring (bicyclic) bond motifs is 5. The first-order chi connectivity index (χ1) is 7.93. The molecule has 4 rings (SSSR count). The molecule has 2 nitrogen and oxygen atoms in total. The van der Waals surface area contributed by atoms with Crippen LogP contribution in [0.2, 0.25) is 0 Å². The van der Waals surface area contributed by atoms with E-state index in [-0.39, 0.29) is 0 Å². The first-order valence-corrected chi connectivity index (χ1v) is 5.95. The van der Waals surface area contributed by atoms with Crippen molar-refractivity contribution in [3.63, 3.8) is 0 Å². The summed E-state index contributed by atoms with van der Waals surface area (Å²) in [6.07, 6.45) is 0. The summed E-state index contributed by atoms with van der Waals surface area (Å²) >= 11 is 1.66. The van der Waals surface area contributed by atoms with Crippen molar-refractivity contribution < 1.29 is 4.42 Å². The van der Waals surface area contributed by atoms with Gasteiger partial charge in [-0.1, -0.05) is 18.2 Å². The van der Waals surface area contributed by atoms with E-state index in [1.807, 2.05) is 29.8 Å². The highest BCUT2D eigenvalue weighted by Crippen LogP contribution is 2.34. The monoisotopic (exact) mass is 225 g/mol. The van der Waals surface area contributed by atoms with Gasteiger partial charge in [-0.3, -0.25) is 0 Å². The molecule has 0 aliphatic rings. The number of furan rings is 1. The lowest BCUT2D eigenvalue weighted by molar-refractivity contribution is 0.669. The Morgan fingerprint density at radius 1 is 1.00 bits per heavy atom. The minimum absolute atomic E-state index is 0.916. The average molecular weight is 225 g/mol. The lowest BCUT2D eigenvalue weighted by Crippen LogP contribution is -1.70. The summed E-state index contributed by atoms with van der Waals surface area (Å²) in [6, 6.07) is 12.2. The molecule has 0 bridgehead atoms. The predicted octanol–water partition coefficient (Wildman–Crippen LogP) is 4.20. The second-order valence-corrected chi connectivity index (χ2v) is 4.62. The van der Waals surface area contributed by atoms with Crippen molar-refractivity contribution in [3.05, 3.63) is 41.9 Å². The smallest absolute Gasteiger partial charge is 0.137 e. The van der Waals surface area contributed by atoms with Gasteiger partial charge in [-0.25, -0.2) is 4.98 Å². The van der Waals surface area contributed by atoms with Crippen LogP contribution in [0.4, 0.5) is 0 Å². The number of thiazole rings is 1. The lowest BCUT2D eigenvalue weighted by Gasteiger charge is -1.90. The molecule has 76 valence electrons. The summed E-state index contributed by atoms with van der Waals surface area (Å²) in [7, 11) is 0. The van der Waals surface area contributed by atoms with E-state index in [1.54, 1.807) is 11.3 Å². The van der Waals surface area contributed by atoms with Gasteiger partial charge in [-0.15, -0.1) is 11.3 Å². The number of hydrogen-bond acceptors (Lipinski definition) is 3. The van der Waals surface area contributed by atoms with E-state index in [2.05, 4.69) is 17.1 Å². The minimum atomic E-state index is 0.916. The third-order valence-electron chi connectivity index (χ3n) is 2.84. The fourth-order valence-corrected chi connectivity index (χ4v) is 2.82. The van der Waals surface area contributed by atoms with Crippen LogP contribution in [0.15, 0.2) is 46.3 Å². The van der Waals surface area contributed by atoms with E-state index in [0.717, 1.165) is 27.5 Å². The van der Waals surface area contributed by atoms with Gasteiger partial charge in [0.15, 0.2) is 0 Å². The standard InChI is InChI=1S/C13H7NOS/c1-2-4-9-8(3-1)12-10(15-9)5-6-11-13(12)14-7-16-11/h1-7H. The Hall–Kier alpha value is -1.87. The predicted molar refractivity (Wildman–Crippen MR) is 66.9 cm³/mol. The highest BCUT2D eigenvalue weighted by Gasteiger charge is 2.10. The topological polar surface area (TPSA) is 26.0 Å². The van der Waals surface area contributed by atoms with Gasteiger partial charge in [0.1, 0.15) is 11.2 Å². The van der Waals surface area contributed by atoms with Crippen LogP contribution in [-0.2, 0) is 0 Å². The van der Waals surface area contributed by atoms with Crippen LogP contribution in [-0.4, -0.2) is 4.98 Å². The number of para-hydroxylation sites is 1. The largest absolute Gasteiger partial charge is 0.456 e. The van der Waals surface area contributed by atoms with Crippen molar-refractivity contribution in [2.24, 2.45) is 0 Å². The normalized spacial score (nSPS) is 11.8. The molecular formula is C13H7NOS. The van der Waals surface area contributed by atoms with Crippen LogP contribution in [0.5, 0.6) is 0 Å². The number of rotatable bonds is 0. The van der Waals surface area contributed by atoms with Crippen LogP contribution in [0.1, 0.15) is 0 Å². The van der Waals surface area contributed by atoms with E-state index in [1.165, 1.54) is 4.70 Å². The minimum Gasteiger partial charge on any atom is -0.456 e. The van der Waals surface area contributed by atoms with Crippen molar-refractivity contribution >= 4 is 43.5 Å². The van der Waals surface area contributed by atoms with Crippen molar-refractivity contribution in [2.75, 3.05) is 0 Å². The van der Waals surface area contributed by atoms with Crippen LogP contribution in [0.3, 0.4) is 0 Å². The zero-order valence-corrected chi connectivity index (χ0v) is 9.12. The highest BCUT2D eigenvalue weighted by atomic mass is 32.1. The molecule has 2 aromatic heterocycles. The Kier molecular flexibility index (Phi) is 1.47. The maximum absolute atomic E-state index is 5.79. The van der Waals surface area contributed by atoms with Gasteiger partial charge in [-0.05, 0) is 18.2 Å². The van der Waals surface area contributed by atoms with Gasteiger partial charge < -0.3 is 4.42 Å². The maximum atomic E-state index is 5.79. The Morgan fingerprint density at radius 3 is 2.94 bits per heavy atom. The molecular weight excluding hydrogens is 218 g/mol. The highest BCUT2D eigenvalue weighted by molar-refractivity contribution is 7.16. The molecule has 0 atom stereocenters. The van der Waals surface area contributed by atoms with E-state index in [9.17, 15) is 0 Å². The van der Waals surface area contributed by atoms with Crippen LogP contribution in [0, 0.1) is 0 Å². The van der Waals surface area contributed by atoms with E-state index >= 15 is 0 Å². The summed E-state index contributed by atoms with van der Waals surface area (Å²) in [5, 5.41) is 2.28. The molecule has 4 aromatic rings. The molecule has 16 heavy (non-hydrogen) atoms. The van der Waals surface area contributed by atoms with E-state index in [0.29, 0.717) is 0 Å². The number of hydrogen-bond donors (Lipinski definition) is 0. The maximum Gasteiger partial charge on any atom is 0.137 e. The molecule has 0 radical (unpaired) electrons. The van der Waals surface area contributed by atoms with Gasteiger partial charge in [0.2, 0.25) is 0 Å². The zero-order valence-electron chi connectivity index (χ0n) is 8.31. The third kappa shape index (κ3) is 0.933. The van der Waals surface area contributed by atoms with Crippen molar-refractivity contribution in [2.45, 2.75) is 0 Å². The molecule has 0 aliphatic heterocycles. The van der Waals surface area contributed by atoms with Crippen LogP contribution >= 0.6 is 11.3 Å². The molecule has 0 saturated heterocycles. The molecule has 2 heterocycles. The van der Waals surface area contributed by atoms with Crippen molar-refractivity contribution in [3.8, 4) is 0 Å². The second-order valence-electron chi connectivity index (χ2n) is 3.74. The molecule has 0 N–H and O–H groups in total. The van der Waals surface area contributed by atoms with Gasteiger partial charge >= 0.3 is 0 Å². The molecule has 0 unspecified atom stereocenters. The summed E-state index contributed by atoms with van der Waals surface area (Å²) in [6.45, 7) is 0. The third-order valence-corrected chi connectivity index (χ3v) is 3.63. The Labute approximate surface area is 95.1 Å². The summed E-state index contributed by atoms with van der Waals surface area (Å²) in [4.78, 5) is 4.43. The fourth-order valence-electron chi connectivity index (χ4n) is 2.14. The van der Waals surface area contributed by atoms with Crippen molar-refractivity contribution in [1.29, 1.82) is 0 Å². The summed E-state index contributed by atoms with van der Waals surface area (Å²) in [5.74, 6) is 0. The molecule has 0 aliphatic carbocycles. The average Bonchev–Trinajstić information content (AvgIpc) is 2.91. The quantitative estimate of drug-likeness (QED) is 0.448. The number of benzene rings is 2. The number of aromatic nitrogens is 1. The van der Waals surface area contributed by atoms with Crippen molar-refractivity contribution in [1.82, 2.24) is 4.98 Å². The molecule has 2 aromatic carbocycles. The first-order valence-electron chi connectivity index (χ1n) is 5.07.